The summed E-state index contributed by atoms with van der Waals surface area (Å²) in [6.45, 7) is 1.53. The standard InChI is InChI=1S/C13H23N3O2/c14-11-2-1-10(8-11)13(18)16-5-3-9(4-6-16)7-12(15)17/h9-11H,1-8,14H2,(H2,15,17). The molecule has 1 heterocycles. The second-order valence-electron chi connectivity index (χ2n) is 5.71. The van der Waals surface area contributed by atoms with Gasteiger partial charge in [0, 0.05) is 31.5 Å². The van der Waals surface area contributed by atoms with Gasteiger partial charge < -0.3 is 16.4 Å². The Morgan fingerprint density at radius 3 is 2.28 bits per heavy atom. The van der Waals surface area contributed by atoms with Crippen LogP contribution in [0.2, 0.25) is 0 Å². The van der Waals surface area contributed by atoms with E-state index in [0.717, 1.165) is 45.2 Å². The Morgan fingerprint density at radius 2 is 1.78 bits per heavy atom. The van der Waals surface area contributed by atoms with Crippen LogP contribution in [-0.4, -0.2) is 35.8 Å². The van der Waals surface area contributed by atoms with Gasteiger partial charge in [-0.3, -0.25) is 9.59 Å². The number of carbonyl (C=O) groups excluding carboxylic acids is 2. The number of amides is 2. The van der Waals surface area contributed by atoms with Crippen LogP contribution in [0.1, 0.15) is 38.5 Å². The molecule has 2 fully saturated rings. The lowest BCUT2D eigenvalue weighted by molar-refractivity contribution is -0.136. The van der Waals surface area contributed by atoms with Gasteiger partial charge in [0.1, 0.15) is 0 Å². The molecule has 2 aliphatic rings. The first kappa shape index (κ1) is 13.3. The molecule has 1 aliphatic carbocycles. The quantitative estimate of drug-likeness (QED) is 0.754. The van der Waals surface area contributed by atoms with Gasteiger partial charge in [-0.05, 0) is 38.0 Å². The Labute approximate surface area is 108 Å². The monoisotopic (exact) mass is 253 g/mol. The fourth-order valence-corrected chi connectivity index (χ4v) is 3.14. The third kappa shape index (κ3) is 3.22. The van der Waals surface area contributed by atoms with Crippen LogP contribution in [0.4, 0.5) is 0 Å². The van der Waals surface area contributed by atoms with Crippen molar-refractivity contribution in [2.24, 2.45) is 23.3 Å². The highest BCUT2D eigenvalue weighted by atomic mass is 16.2. The topological polar surface area (TPSA) is 89.4 Å². The molecule has 2 rings (SSSR count). The van der Waals surface area contributed by atoms with Crippen molar-refractivity contribution in [2.45, 2.75) is 44.6 Å². The predicted molar refractivity (Wildman–Crippen MR) is 68.4 cm³/mol. The third-order valence-corrected chi connectivity index (χ3v) is 4.24. The van der Waals surface area contributed by atoms with Gasteiger partial charge in [-0.1, -0.05) is 0 Å². The van der Waals surface area contributed by atoms with Crippen LogP contribution in [0.5, 0.6) is 0 Å². The van der Waals surface area contributed by atoms with Gasteiger partial charge in [0.25, 0.3) is 0 Å². The lowest BCUT2D eigenvalue weighted by atomic mass is 9.92. The molecule has 0 aromatic carbocycles. The molecule has 1 aliphatic heterocycles. The fourth-order valence-electron chi connectivity index (χ4n) is 3.14. The zero-order chi connectivity index (χ0) is 13.1. The highest BCUT2D eigenvalue weighted by Crippen LogP contribution is 2.28. The van der Waals surface area contributed by atoms with Crippen LogP contribution in [0, 0.1) is 11.8 Å². The summed E-state index contributed by atoms with van der Waals surface area (Å²) in [5, 5.41) is 0. The largest absolute Gasteiger partial charge is 0.370 e. The molecular weight excluding hydrogens is 230 g/mol. The van der Waals surface area contributed by atoms with Gasteiger partial charge >= 0.3 is 0 Å². The van der Waals surface area contributed by atoms with Crippen LogP contribution >= 0.6 is 0 Å². The van der Waals surface area contributed by atoms with Crippen molar-refractivity contribution < 1.29 is 9.59 Å². The summed E-state index contributed by atoms with van der Waals surface area (Å²) in [6.07, 6.45) is 4.98. The molecule has 5 nitrogen and oxygen atoms in total. The van der Waals surface area contributed by atoms with E-state index in [1.165, 1.54) is 0 Å². The molecule has 0 bridgehead atoms. The van der Waals surface area contributed by atoms with Gasteiger partial charge in [-0.2, -0.15) is 0 Å². The van der Waals surface area contributed by atoms with Crippen molar-refractivity contribution in [3.05, 3.63) is 0 Å². The van der Waals surface area contributed by atoms with E-state index >= 15 is 0 Å². The minimum absolute atomic E-state index is 0.132. The molecule has 5 heteroatoms. The zero-order valence-corrected chi connectivity index (χ0v) is 10.8. The average Bonchev–Trinajstić information content (AvgIpc) is 2.75. The van der Waals surface area contributed by atoms with Gasteiger partial charge in [-0.25, -0.2) is 0 Å². The number of likely N-dealkylation sites (tertiary alicyclic amines) is 1. The Kier molecular flexibility index (Phi) is 4.22. The average molecular weight is 253 g/mol. The van der Waals surface area contributed by atoms with E-state index in [9.17, 15) is 9.59 Å². The van der Waals surface area contributed by atoms with E-state index in [2.05, 4.69) is 0 Å². The van der Waals surface area contributed by atoms with E-state index < -0.39 is 0 Å². The van der Waals surface area contributed by atoms with Crippen molar-refractivity contribution in [1.29, 1.82) is 0 Å². The summed E-state index contributed by atoms with van der Waals surface area (Å²) in [4.78, 5) is 25.1. The summed E-state index contributed by atoms with van der Waals surface area (Å²) in [5.41, 5.74) is 11.0. The number of hydrogen-bond donors (Lipinski definition) is 2. The van der Waals surface area contributed by atoms with Gasteiger partial charge in [0.15, 0.2) is 0 Å². The molecule has 102 valence electrons. The minimum atomic E-state index is -0.235. The second-order valence-corrected chi connectivity index (χ2v) is 5.71. The Bertz CT molecular complexity index is 324. The SMILES string of the molecule is NC(=O)CC1CCN(C(=O)C2CCC(N)C2)CC1. The molecule has 1 saturated carbocycles. The van der Waals surface area contributed by atoms with Gasteiger partial charge in [0.05, 0.1) is 0 Å². The number of carbonyl (C=O) groups is 2. The maximum absolute atomic E-state index is 12.3. The number of piperidine rings is 1. The summed E-state index contributed by atoms with van der Waals surface area (Å²) < 4.78 is 0. The molecule has 1 saturated heterocycles. The molecule has 2 unspecified atom stereocenters. The number of nitrogens with zero attached hydrogens (tertiary/aromatic N) is 1. The van der Waals surface area contributed by atoms with E-state index in [0.29, 0.717) is 12.3 Å². The maximum Gasteiger partial charge on any atom is 0.225 e. The van der Waals surface area contributed by atoms with E-state index in [1.54, 1.807) is 0 Å². The summed E-state index contributed by atoms with van der Waals surface area (Å²) in [5.74, 6) is 0.520. The predicted octanol–water partition coefficient (Wildman–Crippen LogP) is 0.228. The number of primary amides is 1. The minimum Gasteiger partial charge on any atom is -0.370 e. The number of nitrogens with two attached hydrogens (primary N) is 2. The molecule has 0 radical (unpaired) electrons. The van der Waals surface area contributed by atoms with Crippen LogP contribution in [-0.2, 0) is 9.59 Å². The van der Waals surface area contributed by atoms with Crippen LogP contribution < -0.4 is 11.5 Å². The first-order valence-electron chi connectivity index (χ1n) is 6.89. The van der Waals surface area contributed by atoms with E-state index in [1.807, 2.05) is 4.90 Å². The molecule has 0 aromatic heterocycles. The van der Waals surface area contributed by atoms with E-state index in [-0.39, 0.29) is 23.8 Å². The highest BCUT2D eigenvalue weighted by molar-refractivity contribution is 5.79. The van der Waals surface area contributed by atoms with Crippen molar-refractivity contribution in [2.75, 3.05) is 13.1 Å². The van der Waals surface area contributed by atoms with Gasteiger partial charge in [-0.15, -0.1) is 0 Å². The Balaban J connectivity index is 1.79. The van der Waals surface area contributed by atoms with Crippen molar-refractivity contribution in [3.63, 3.8) is 0 Å². The molecular formula is C13H23N3O2. The Morgan fingerprint density at radius 1 is 1.11 bits per heavy atom. The molecule has 4 N–H and O–H groups in total. The normalized spacial score (nSPS) is 29.5. The smallest absolute Gasteiger partial charge is 0.225 e. The maximum atomic E-state index is 12.3. The zero-order valence-electron chi connectivity index (χ0n) is 10.8. The van der Waals surface area contributed by atoms with Crippen LogP contribution in [0.3, 0.4) is 0 Å². The fraction of sp³-hybridized carbons (Fsp3) is 0.846. The summed E-state index contributed by atoms with van der Waals surface area (Å²) >= 11 is 0. The number of rotatable bonds is 3. The molecule has 2 atom stereocenters. The summed E-state index contributed by atoms with van der Waals surface area (Å²) in [7, 11) is 0. The van der Waals surface area contributed by atoms with Crippen molar-refractivity contribution in [3.8, 4) is 0 Å². The third-order valence-electron chi connectivity index (χ3n) is 4.24. The molecule has 2 amide bonds. The molecule has 18 heavy (non-hydrogen) atoms. The van der Waals surface area contributed by atoms with Crippen molar-refractivity contribution in [1.82, 2.24) is 4.90 Å². The lowest BCUT2D eigenvalue weighted by Gasteiger charge is -2.33. The second kappa shape index (κ2) is 5.69. The Hall–Kier alpha value is -1.10. The van der Waals surface area contributed by atoms with E-state index in [4.69, 9.17) is 11.5 Å². The van der Waals surface area contributed by atoms with Gasteiger partial charge in [0.2, 0.25) is 11.8 Å². The highest BCUT2D eigenvalue weighted by Gasteiger charge is 2.32. The number of hydrogen-bond acceptors (Lipinski definition) is 3. The molecule has 0 spiro atoms. The van der Waals surface area contributed by atoms with Crippen LogP contribution in [0.15, 0.2) is 0 Å². The summed E-state index contributed by atoms with van der Waals surface area (Å²) in [6, 6.07) is 0.200. The van der Waals surface area contributed by atoms with Crippen LogP contribution in [0.25, 0.3) is 0 Å². The van der Waals surface area contributed by atoms with Crippen molar-refractivity contribution >= 4 is 11.8 Å². The lowest BCUT2D eigenvalue weighted by Crippen LogP contribution is -2.42. The first-order chi connectivity index (χ1) is 8.56. The first-order valence-corrected chi connectivity index (χ1v) is 6.89. The molecule has 0 aromatic rings.